The quantitative estimate of drug-likeness (QED) is 0.659. The number of hydrogen-bond acceptors (Lipinski definition) is 7. The number of hydrogen-bond donors (Lipinski definition) is 3. The number of aromatic hydroxyl groups is 1. The fourth-order valence-corrected chi connectivity index (χ4v) is 2.75. The standard InChI is InChI=1S/C14H18BrN5O2S/c1-20(2)4-3-16-12(22)6-10-8-23-14(18-10)19-13-11(21)5-9(15)7-17-13/h5,7-8,21H,3-4,6H2,1-2H3,(H,16,22)(H,17,18,19). The molecule has 1 amide bonds. The Labute approximate surface area is 146 Å². The highest BCUT2D eigenvalue weighted by Gasteiger charge is 2.10. The summed E-state index contributed by atoms with van der Waals surface area (Å²) in [7, 11) is 3.91. The van der Waals surface area contributed by atoms with Gasteiger partial charge in [-0.1, -0.05) is 0 Å². The molecule has 9 heteroatoms. The lowest BCUT2D eigenvalue weighted by molar-refractivity contribution is -0.120. The van der Waals surface area contributed by atoms with E-state index in [2.05, 4.69) is 36.5 Å². The second kappa shape index (κ2) is 8.23. The summed E-state index contributed by atoms with van der Waals surface area (Å²) in [6.45, 7) is 1.40. The number of carbonyl (C=O) groups is 1. The molecule has 0 fully saturated rings. The Bertz CT molecular complexity index is 677. The van der Waals surface area contributed by atoms with Crippen LogP contribution in [0.15, 0.2) is 22.1 Å². The monoisotopic (exact) mass is 399 g/mol. The molecule has 2 aromatic heterocycles. The Kier molecular flexibility index (Phi) is 6.31. The third kappa shape index (κ3) is 5.77. The van der Waals surface area contributed by atoms with Gasteiger partial charge in [-0.25, -0.2) is 9.97 Å². The fraction of sp³-hybridized carbons (Fsp3) is 0.357. The van der Waals surface area contributed by atoms with E-state index in [0.29, 0.717) is 27.7 Å². The van der Waals surface area contributed by atoms with Crippen LogP contribution in [-0.2, 0) is 11.2 Å². The first kappa shape index (κ1) is 17.6. The molecule has 0 unspecified atom stereocenters. The molecular weight excluding hydrogens is 382 g/mol. The third-order valence-electron chi connectivity index (χ3n) is 2.83. The number of rotatable bonds is 7. The summed E-state index contributed by atoms with van der Waals surface area (Å²) in [5.74, 6) is 0.287. The maximum atomic E-state index is 11.8. The zero-order valence-electron chi connectivity index (χ0n) is 12.8. The van der Waals surface area contributed by atoms with E-state index in [1.165, 1.54) is 11.3 Å². The predicted molar refractivity (Wildman–Crippen MR) is 94.3 cm³/mol. The van der Waals surface area contributed by atoms with E-state index >= 15 is 0 Å². The minimum absolute atomic E-state index is 0.0255. The molecule has 3 N–H and O–H groups in total. The number of anilines is 2. The molecular formula is C14H18BrN5O2S. The Morgan fingerprint density at radius 2 is 2.26 bits per heavy atom. The van der Waals surface area contributed by atoms with Gasteiger partial charge in [0.2, 0.25) is 5.91 Å². The van der Waals surface area contributed by atoms with Crippen LogP contribution < -0.4 is 10.6 Å². The van der Waals surface area contributed by atoms with Crippen LogP contribution in [0.3, 0.4) is 0 Å². The molecule has 0 radical (unpaired) electrons. The maximum absolute atomic E-state index is 11.8. The summed E-state index contributed by atoms with van der Waals surface area (Å²) >= 11 is 4.59. The number of thiazole rings is 1. The molecule has 0 aromatic carbocycles. The molecule has 124 valence electrons. The highest BCUT2D eigenvalue weighted by molar-refractivity contribution is 9.10. The first-order chi connectivity index (χ1) is 10.9. The van der Waals surface area contributed by atoms with Gasteiger partial charge >= 0.3 is 0 Å². The van der Waals surface area contributed by atoms with Crippen molar-refractivity contribution in [1.82, 2.24) is 20.2 Å². The summed E-state index contributed by atoms with van der Waals surface area (Å²) in [5, 5.41) is 18.0. The average molecular weight is 400 g/mol. The molecule has 2 aromatic rings. The van der Waals surface area contributed by atoms with E-state index in [1.807, 2.05) is 24.4 Å². The second-order valence-electron chi connectivity index (χ2n) is 5.12. The molecule has 0 saturated heterocycles. The van der Waals surface area contributed by atoms with Crippen molar-refractivity contribution in [3.8, 4) is 5.75 Å². The second-order valence-corrected chi connectivity index (χ2v) is 6.89. The smallest absolute Gasteiger partial charge is 0.226 e. The van der Waals surface area contributed by atoms with Gasteiger partial charge in [-0.05, 0) is 36.1 Å². The minimum Gasteiger partial charge on any atom is -0.504 e. The molecule has 0 aliphatic rings. The van der Waals surface area contributed by atoms with E-state index in [0.717, 1.165) is 6.54 Å². The Hall–Kier alpha value is -1.71. The Morgan fingerprint density at radius 1 is 1.48 bits per heavy atom. The lowest BCUT2D eigenvalue weighted by atomic mass is 10.3. The Balaban J connectivity index is 1.89. The van der Waals surface area contributed by atoms with E-state index in [1.54, 1.807) is 12.3 Å². The first-order valence-corrected chi connectivity index (χ1v) is 8.58. The van der Waals surface area contributed by atoms with Crippen LogP contribution in [0.25, 0.3) is 0 Å². The van der Waals surface area contributed by atoms with Gasteiger partial charge in [-0.15, -0.1) is 11.3 Å². The number of nitrogens with zero attached hydrogens (tertiary/aromatic N) is 3. The van der Waals surface area contributed by atoms with Gasteiger partial charge in [-0.3, -0.25) is 4.79 Å². The zero-order valence-corrected chi connectivity index (χ0v) is 15.2. The first-order valence-electron chi connectivity index (χ1n) is 6.91. The molecule has 0 saturated carbocycles. The van der Waals surface area contributed by atoms with Gasteiger partial charge in [0, 0.05) is 29.1 Å². The minimum atomic E-state index is -0.0617. The summed E-state index contributed by atoms with van der Waals surface area (Å²) in [5.41, 5.74) is 0.677. The number of halogens is 1. The molecule has 2 rings (SSSR count). The molecule has 7 nitrogen and oxygen atoms in total. The highest BCUT2D eigenvalue weighted by Crippen LogP contribution is 2.28. The number of likely N-dealkylation sites (N-methyl/N-ethyl adjacent to an activating group) is 1. The number of aromatic nitrogens is 2. The van der Waals surface area contributed by atoms with Crippen LogP contribution >= 0.6 is 27.3 Å². The fourth-order valence-electron chi connectivity index (χ4n) is 1.72. The summed E-state index contributed by atoms with van der Waals surface area (Å²) in [6.07, 6.45) is 1.81. The molecule has 0 bridgehead atoms. The largest absolute Gasteiger partial charge is 0.504 e. The molecule has 0 atom stereocenters. The van der Waals surface area contributed by atoms with Crippen molar-refractivity contribution in [2.75, 3.05) is 32.5 Å². The third-order valence-corrected chi connectivity index (χ3v) is 4.07. The summed E-state index contributed by atoms with van der Waals surface area (Å²) < 4.78 is 0.690. The van der Waals surface area contributed by atoms with Crippen LogP contribution in [0.2, 0.25) is 0 Å². The summed E-state index contributed by atoms with van der Waals surface area (Å²) in [4.78, 5) is 22.2. The molecule has 23 heavy (non-hydrogen) atoms. The van der Waals surface area contributed by atoms with Crippen LogP contribution in [0.5, 0.6) is 5.75 Å². The lowest BCUT2D eigenvalue weighted by Crippen LogP contribution is -2.32. The molecule has 0 aliphatic heterocycles. The van der Waals surface area contributed by atoms with Gasteiger partial charge < -0.3 is 20.6 Å². The predicted octanol–water partition coefficient (Wildman–Crippen LogP) is 1.97. The van der Waals surface area contributed by atoms with Crippen LogP contribution in [0, 0.1) is 0 Å². The van der Waals surface area contributed by atoms with Gasteiger partial charge in [0.15, 0.2) is 16.7 Å². The van der Waals surface area contributed by atoms with Gasteiger partial charge in [0.25, 0.3) is 0 Å². The van der Waals surface area contributed by atoms with Crippen molar-refractivity contribution < 1.29 is 9.90 Å². The number of amides is 1. The molecule has 2 heterocycles. The topological polar surface area (TPSA) is 90.4 Å². The lowest BCUT2D eigenvalue weighted by Gasteiger charge is -2.09. The van der Waals surface area contributed by atoms with E-state index in [9.17, 15) is 9.90 Å². The van der Waals surface area contributed by atoms with Crippen molar-refractivity contribution in [2.24, 2.45) is 0 Å². The number of carbonyl (C=O) groups excluding carboxylic acids is 1. The average Bonchev–Trinajstić information content (AvgIpc) is 2.88. The Morgan fingerprint density at radius 3 is 2.96 bits per heavy atom. The SMILES string of the molecule is CN(C)CCNC(=O)Cc1csc(Nc2ncc(Br)cc2O)n1. The highest BCUT2D eigenvalue weighted by atomic mass is 79.9. The van der Waals surface area contributed by atoms with E-state index in [-0.39, 0.29) is 18.1 Å². The normalized spacial score (nSPS) is 10.8. The van der Waals surface area contributed by atoms with E-state index < -0.39 is 0 Å². The van der Waals surface area contributed by atoms with Crippen molar-refractivity contribution in [1.29, 1.82) is 0 Å². The van der Waals surface area contributed by atoms with Gasteiger partial charge in [-0.2, -0.15) is 0 Å². The van der Waals surface area contributed by atoms with Crippen molar-refractivity contribution >= 4 is 44.1 Å². The van der Waals surface area contributed by atoms with E-state index in [4.69, 9.17) is 0 Å². The zero-order chi connectivity index (χ0) is 16.8. The maximum Gasteiger partial charge on any atom is 0.226 e. The number of nitrogens with one attached hydrogen (secondary N) is 2. The van der Waals surface area contributed by atoms with Gasteiger partial charge in [0.1, 0.15) is 0 Å². The molecule has 0 aliphatic carbocycles. The van der Waals surface area contributed by atoms with Crippen molar-refractivity contribution in [3.63, 3.8) is 0 Å². The van der Waals surface area contributed by atoms with Crippen molar-refractivity contribution in [3.05, 3.63) is 27.8 Å². The molecule has 0 spiro atoms. The van der Waals surface area contributed by atoms with Crippen LogP contribution in [0.1, 0.15) is 5.69 Å². The van der Waals surface area contributed by atoms with Crippen molar-refractivity contribution in [2.45, 2.75) is 6.42 Å². The summed E-state index contributed by atoms with van der Waals surface area (Å²) in [6, 6.07) is 1.54. The van der Waals surface area contributed by atoms with Crippen LogP contribution in [0.4, 0.5) is 10.9 Å². The van der Waals surface area contributed by atoms with Crippen LogP contribution in [-0.4, -0.2) is 53.1 Å². The number of pyridine rings is 1. The van der Waals surface area contributed by atoms with Gasteiger partial charge in [0.05, 0.1) is 12.1 Å².